The summed E-state index contributed by atoms with van der Waals surface area (Å²) in [6, 6.07) is 15.1. The predicted molar refractivity (Wildman–Crippen MR) is 136 cm³/mol. The van der Waals surface area contributed by atoms with Crippen LogP contribution in [-0.2, 0) is 14.3 Å². The monoisotopic (exact) mass is 493 g/mol. The van der Waals surface area contributed by atoms with Crippen LogP contribution in [0.15, 0.2) is 82.0 Å². The molecule has 4 rings (SSSR count). The summed E-state index contributed by atoms with van der Waals surface area (Å²) in [7, 11) is 0. The summed E-state index contributed by atoms with van der Waals surface area (Å²) in [5.41, 5.74) is 2.69. The van der Waals surface area contributed by atoms with Crippen LogP contribution in [0.1, 0.15) is 57.3 Å². The first kappa shape index (κ1) is 24.7. The number of hydrogen-bond donors (Lipinski definition) is 1. The van der Waals surface area contributed by atoms with E-state index < -0.39 is 17.8 Å². The van der Waals surface area contributed by atoms with Gasteiger partial charge in [-0.3, -0.25) is 4.79 Å². The first-order valence-corrected chi connectivity index (χ1v) is 12.4. The molecule has 8 heteroatoms. The zero-order chi connectivity index (χ0) is 25.1. The number of nitrogens with one attached hydrogen (secondary N) is 1. The fraction of sp³-hybridized carbons (Fsp3) is 0.296. The maximum absolute atomic E-state index is 15.1. The summed E-state index contributed by atoms with van der Waals surface area (Å²) in [6.45, 7) is 7.17. The molecule has 0 unspecified atom stereocenters. The predicted octanol–water partition coefficient (Wildman–Crippen LogP) is 5.62. The van der Waals surface area contributed by atoms with Crippen molar-refractivity contribution < 1.29 is 18.7 Å². The van der Waals surface area contributed by atoms with Gasteiger partial charge >= 0.3 is 5.97 Å². The van der Waals surface area contributed by atoms with Crippen molar-refractivity contribution in [1.29, 1.82) is 0 Å². The molecule has 0 saturated heterocycles. The Bertz CT molecular complexity index is 1220. The van der Waals surface area contributed by atoms with E-state index in [1.807, 2.05) is 42.7 Å². The number of hydrogen-bond acceptors (Lipinski definition) is 6. The topological polar surface area (TPSA) is 71.0 Å². The molecular weight excluding hydrogens is 465 g/mol. The lowest BCUT2D eigenvalue weighted by atomic mass is 9.93. The SMILES string of the molecule is CC1=C(C(=O)OC(C)C)[C@H](c2ccccc2F)N2C(CC(=O)N[C@H](C)c3ccccc3)=CSC2=N1. The molecule has 0 saturated carbocycles. The van der Waals surface area contributed by atoms with E-state index in [-0.39, 0.29) is 30.0 Å². The number of nitrogens with zero attached hydrogens (tertiary/aromatic N) is 2. The third-order valence-electron chi connectivity index (χ3n) is 5.78. The number of esters is 1. The Kier molecular flexibility index (Phi) is 7.40. The Balaban J connectivity index is 1.64. The molecule has 0 spiro atoms. The normalized spacial score (nSPS) is 18.1. The lowest BCUT2D eigenvalue weighted by Crippen LogP contribution is -2.39. The van der Waals surface area contributed by atoms with Crippen LogP contribution in [0.25, 0.3) is 0 Å². The van der Waals surface area contributed by atoms with Gasteiger partial charge in [-0.25, -0.2) is 14.2 Å². The third-order valence-corrected chi connectivity index (χ3v) is 6.67. The maximum atomic E-state index is 15.1. The van der Waals surface area contributed by atoms with Crippen molar-refractivity contribution in [2.75, 3.05) is 0 Å². The van der Waals surface area contributed by atoms with Gasteiger partial charge in [0.25, 0.3) is 0 Å². The van der Waals surface area contributed by atoms with Crippen LogP contribution in [-0.4, -0.2) is 28.0 Å². The molecule has 2 aliphatic rings. The second kappa shape index (κ2) is 10.5. The van der Waals surface area contributed by atoms with Gasteiger partial charge in [-0.05, 0) is 44.7 Å². The van der Waals surface area contributed by atoms with Gasteiger partial charge in [0.1, 0.15) is 5.82 Å². The van der Waals surface area contributed by atoms with Crippen molar-refractivity contribution in [3.8, 4) is 0 Å². The van der Waals surface area contributed by atoms with Gasteiger partial charge in [0.05, 0.1) is 35.9 Å². The highest BCUT2D eigenvalue weighted by Gasteiger charge is 2.42. The minimum atomic E-state index is -0.796. The van der Waals surface area contributed by atoms with E-state index in [4.69, 9.17) is 4.74 Å². The van der Waals surface area contributed by atoms with Crippen LogP contribution < -0.4 is 5.32 Å². The summed E-state index contributed by atoms with van der Waals surface area (Å²) < 4.78 is 20.6. The van der Waals surface area contributed by atoms with E-state index in [9.17, 15) is 9.59 Å². The number of allylic oxidation sites excluding steroid dienone is 1. The molecule has 6 nitrogen and oxygen atoms in total. The average Bonchev–Trinajstić information content (AvgIpc) is 3.20. The lowest BCUT2D eigenvalue weighted by Gasteiger charge is -2.36. The highest BCUT2D eigenvalue weighted by Crippen LogP contribution is 2.45. The summed E-state index contributed by atoms with van der Waals surface area (Å²) >= 11 is 1.35. The zero-order valence-corrected chi connectivity index (χ0v) is 20.9. The zero-order valence-electron chi connectivity index (χ0n) is 20.1. The van der Waals surface area contributed by atoms with E-state index in [1.54, 1.807) is 43.9 Å². The molecule has 2 aromatic carbocycles. The molecule has 2 heterocycles. The fourth-order valence-corrected chi connectivity index (χ4v) is 5.15. The average molecular weight is 494 g/mol. The summed E-state index contributed by atoms with van der Waals surface area (Å²) in [5.74, 6) is -1.17. The standard InChI is InChI=1S/C27H28FN3O3S/c1-16(2)34-26(33)24-18(4)30-27-31(25(24)21-12-8-9-13-22(21)28)20(15-35-27)14-23(32)29-17(3)19-10-6-5-7-11-19/h5-13,15-17,25H,14H2,1-4H3,(H,29,32)/t17-,25+/m1/s1. The van der Waals surface area contributed by atoms with E-state index in [1.165, 1.54) is 17.8 Å². The van der Waals surface area contributed by atoms with Crippen molar-refractivity contribution in [1.82, 2.24) is 10.2 Å². The molecule has 182 valence electrons. The van der Waals surface area contributed by atoms with Gasteiger partial charge in [-0.15, -0.1) is 0 Å². The smallest absolute Gasteiger partial charge is 0.338 e. The Morgan fingerprint density at radius 1 is 1.11 bits per heavy atom. The molecule has 2 aromatic rings. The Labute approximate surface area is 209 Å². The number of carbonyl (C=O) groups is 2. The molecule has 35 heavy (non-hydrogen) atoms. The minimum Gasteiger partial charge on any atom is -0.459 e. The molecule has 0 aromatic heterocycles. The highest BCUT2D eigenvalue weighted by atomic mass is 32.2. The number of carbonyl (C=O) groups excluding carboxylic acids is 2. The molecule has 2 aliphatic heterocycles. The number of aliphatic imine (C=N–C) groups is 1. The molecule has 0 fully saturated rings. The third kappa shape index (κ3) is 5.32. The number of amides is 1. The second-order valence-corrected chi connectivity index (χ2v) is 9.58. The Hall–Kier alpha value is -3.39. The van der Waals surface area contributed by atoms with Crippen LogP contribution >= 0.6 is 11.8 Å². The van der Waals surface area contributed by atoms with Crippen molar-refractivity contribution >= 4 is 28.8 Å². The minimum absolute atomic E-state index is 0.0553. The van der Waals surface area contributed by atoms with Gasteiger partial charge in [0.2, 0.25) is 5.91 Å². The van der Waals surface area contributed by atoms with E-state index >= 15 is 4.39 Å². The summed E-state index contributed by atoms with van der Waals surface area (Å²) in [5, 5.41) is 5.45. The number of thioether (sulfide) groups is 1. The second-order valence-electron chi connectivity index (χ2n) is 8.75. The largest absolute Gasteiger partial charge is 0.459 e. The van der Waals surface area contributed by atoms with Crippen molar-refractivity contribution in [2.45, 2.75) is 52.3 Å². The maximum Gasteiger partial charge on any atom is 0.338 e. The van der Waals surface area contributed by atoms with E-state index in [0.29, 0.717) is 22.1 Å². The van der Waals surface area contributed by atoms with Crippen molar-refractivity contribution in [3.63, 3.8) is 0 Å². The first-order valence-electron chi connectivity index (χ1n) is 11.5. The number of rotatable bonds is 7. The van der Waals surface area contributed by atoms with Gasteiger partial charge in [0, 0.05) is 11.3 Å². The number of halogens is 1. The van der Waals surface area contributed by atoms with Gasteiger partial charge in [-0.2, -0.15) is 0 Å². The lowest BCUT2D eigenvalue weighted by molar-refractivity contribution is -0.143. The van der Waals surface area contributed by atoms with Gasteiger partial charge in [-0.1, -0.05) is 60.3 Å². The fourth-order valence-electron chi connectivity index (χ4n) is 4.18. The van der Waals surface area contributed by atoms with E-state index in [0.717, 1.165) is 5.56 Å². The van der Waals surface area contributed by atoms with Gasteiger partial charge < -0.3 is 15.0 Å². The molecular formula is C27H28FN3O3S. The Morgan fingerprint density at radius 2 is 1.80 bits per heavy atom. The molecule has 1 N–H and O–H groups in total. The number of ether oxygens (including phenoxy) is 1. The number of fused-ring (bicyclic) bond motifs is 1. The highest BCUT2D eigenvalue weighted by molar-refractivity contribution is 8.16. The first-order chi connectivity index (χ1) is 16.8. The molecule has 0 aliphatic carbocycles. The Morgan fingerprint density at radius 3 is 2.49 bits per heavy atom. The molecule has 2 atom stereocenters. The van der Waals surface area contributed by atoms with Gasteiger partial charge in [0.15, 0.2) is 5.17 Å². The van der Waals surface area contributed by atoms with Crippen LogP contribution in [0, 0.1) is 5.82 Å². The van der Waals surface area contributed by atoms with Crippen LogP contribution in [0.3, 0.4) is 0 Å². The molecule has 1 amide bonds. The summed E-state index contributed by atoms with van der Waals surface area (Å²) in [6.07, 6.45) is -0.289. The van der Waals surface area contributed by atoms with E-state index in [2.05, 4.69) is 10.3 Å². The van der Waals surface area contributed by atoms with Crippen LogP contribution in [0.4, 0.5) is 4.39 Å². The number of benzene rings is 2. The van der Waals surface area contributed by atoms with Crippen LogP contribution in [0.2, 0.25) is 0 Å². The number of amidine groups is 1. The quantitative estimate of drug-likeness (QED) is 0.507. The molecule has 0 bridgehead atoms. The van der Waals surface area contributed by atoms with Crippen molar-refractivity contribution in [3.05, 3.63) is 93.9 Å². The van der Waals surface area contributed by atoms with Crippen molar-refractivity contribution in [2.24, 2.45) is 4.99 Å². The van der Waals surface area contributed by atoms with Crippen LogP contribution in [0.5, 0.6) is 0 Å². The molecule has 0 radical (unpaired) electrons. The summed E-state index contributed by atoms with van der Waals surface area (Å²) in [4.78, 5) is 32.5.